The summed E-state index contributed by atoms with van der Waals surface area (Å²) in [5.41, 5.74) is 4.05. The Morgan fingerprint density at radius 1 is 1.10 bits per heavy atom. The Morgan fingerprint density at radius 2 is 1.71 bits per heavy atom. The van der Waals surface area contributed by atoms with Gasteiger partial charge in [0.25, 0.3) is 23.6 Å². The van der Waals surface area contributed by atoms with E-state index in [4.69, 9.17) is 10.6 Å². The van der Waals surface area contributed by atoms with Crippen LogP contribution in [0.4, 0.5) is 5.13 Å². The number of fused-ring (bicyclic) bond motifs is 1. The lowest BCUT2D eigenvalue weighted by atomic mass is 10.1. The van der Waals surface area contributed by atoms with Gasteiger partial charge in [-0.05, 0) is 26.0 Å². The fraction of sp³-hybridized carbons (Fsp3) is 0.296. The minimum absolute atomic E-state index is 0.00595. The summed E-state index contributed by atoms with van der Waals surface area (Å²) in [6, 6.07) is 0.0872. The molecule has 0 unspecified atom stereocenters. The van der Waals surface area contributed by atoms with Crippen molar-refractivity contribution in [3.05, 3.63) is 45.6 Å². The number of oxime groups is 1. The number of carbonyl (C=O) groups excluding carboxylic acids is 4. The summed E-state index contributed by atoms with van der Waals surface area (Å²) in [6.07, 6.45) is 0. The summed E-state index contributed by atoms with van der Waals surface area (Å²) in [7, 11) is 0. The van der Waals surface area contributed by atoms with Crippen LogP contribution in [-0.2, 0) is 28.8 Å². The zero-order valence-electron chi connectivity index (χ0n) is 25.4. The first-order valence-electron chi connectivity index (χ1n) is 13.8. The summed E-state index contributed by atoms with van der Waals surface area (Å²) in [4.78, 5) is 96.5. The summed E-state index contributed by atoms with van der Waals surface area (Å²) < 4.78 is 0. The van der Waals surface area contributed by atoms with Crippen LogP contribution in [0.25, 0.3) is 0 Å². The van der Waals surface area contributed by atoms with Crippen LogP contribution >= 0.6 is 11.3 Å². The van der Waals surface area contributed by atoms with Crippen molar-refractivity contribution in [3.8, 4) is 11.5 Å². The van der Waals surface area contributed by atoms with Gasteiger partial charge in [-0.1, -0.05) is 5.16 Å². The van der Waals surface area contributed by atoms with Crippen molar-refractivity contribution in [3.63, 3.8) is 0 Å². The van der Waals surface area contributed by atoms with Gasteiger partial charge in [-0.25, -0.2) is 24.4 Å². The number of nitrogen functional groups attached to an aromatic ring is 1. The maximum Gasteiger partial charge on any atom is 0.353 e. The molecule has 0 spiro atoms. The molecule has 49 heavy (non-hydrogen) atoms. The predicted octanol–water partition coefficient (Wildman–Crippen LogP) is -2.14. The third-order valence-corrected chi connectivity index (χ3v) is 7.64. The largest absolute Gasteiger partial charge is 0.504 e. The van der Waals surface area contributed by atoms with E-state index >= 15 is 0 Å². The van der Waals surface area contributed by atoms with Crippen LogP contribution in [0.15, 0.2) is 33.9 Å². The van der Waals surface area contributed by atoms with Crippen molar-refractivity contribution < 1.29 is 63.9 Å². The van der Waals surface area contributed by atoms with Gasteiger partial charge in [-0.2, -0.15) is 0 Å². The van der Waals surface area contributed by atoms with Gasteiger partial charge in [0, 0.05) is 25.0 Å². The number of rotatable bonds is 14. The molecule has 1 aromatic heterocycles. The number of aromatic hydroxyl groups is 2. The van der Waals surface area contributed by atoms with Gasteiger partial charge in [-0.3, -0.25) is 24.1 Å². The highest BCUT2D eigenvalue weighted by molar-refractivity contribution is 7.13. The Bertz CT molecular complexity index is 1790. The first-order valence-corrected chi connectivity index (χ1v) is 14.7. The van der Waals surface area contributed by atoms with E-state index in [9.17, 15) is 59.1 Å². The highest BCUT2D eigenvalue weighted by Crippen LogP contribution is 2.33. The number of aromatic nitrogens is 1. The zero-order chi connectivity index (χ0) is 36.4. The molecule has 260 valence electrons. The number of phenolic OH excluding ortho intramolecular Hbond substituents is 2. The van der Waals surface area contributed by atoms with E-state index in [0.717, 1.165) is 47.2 Å². The lowest BCUT2D eigenvalue weighted by Crippen LogP contribution is -2.52. The predicted molar refractivity (Wildman–Crippen MR) is 163 cm³/mol. The number of nitrogens with two attached hydrogens (primary N) is 1. The fourth-order valence-electron chi connectivity index (χ4n) is 4.34. The number of amides is 4. The molecule has 2 aliphatic rings. The second-order valence-corrected chi connectivity index (χ2v) is 11.7. The number of hydrazine groups is 1. The summed E-state index contributed by atoms with van der Waals surface area (Å²) in [6.45, 7) is 0.507. The van der Waals surface area contributed by atoms with Crippen LogP contribution in [0.2, 0.25) is 0 Å². The number of nitrogens with zero attached hydrogens (tertiary/aromatic N) is 4. The van der Waals surface area contributed by atoms with Gasteiger partial charge in [-0.15, -0.1) is 11.3 Å². The summed E-state index contributed by atoms with van der Waals surface area (Å²) >= 11 is 0.904. The highest BCUT2D eigenvalue weighted by atomic mass is 32.1. The standard InChI is InChI=1S/C27H28N8O13S/c1-27(2,25(46)47)48-33-18(14-9-49-26(28)31-14)20(39)30-13(23(42)43)8-34-7-12(17(32-34)24(44)45)19(38)29-3-4-35-21(40)10-5-15(36)16(37)6-11(10)22(35)41/h5-6,9,13,32,36-37H,3-4,7-8H2,1-2H3,(H2,28,31)(H,29,38)(H,30,39)(H,42,43)(H,44,45)(H,46,47)/b33-18-/t13-/m0/s1. The van der Waals surface area contributed by atoms with E-state index in [0.29, 0.717) is 0 Å². The van der Waals surface area contributed by atoms with E-state index in [2.05, 4.69) is 26.2 Å². The van der Waals surface area contributed by atoms with Crippen LogP contribution in [-0.4, -0.2) is 125 Å². The molecule has 2 aliphatic heterocycles. The molecule has 0 bridgehead atoms. The molecule has 4 amide bonds. The average molecular weight is 705 g/mol. The topological polar surface area (TPSA) is 324 Å². The molecule has 0 radical (unpaired) electrons. The second kappa shape index (κ2) is 13.8. The quantitative estimate of drug-likeness (QED) is 0.0438. The number of benzene rings is 1. The molecule has 2 aromatic rings. The van der Waals surface area contributed by atoms with E-state index in [1.807, 2.05) is 0 Å². The third kappa shape index (κ3) is 7.65. The van der Waals surface area contributed by atoms with Crippen molar-refractivity contribution in [1.82, 2.24) is 31.0 Å². The number of thiazole rings is 1. The molecule has 21 nitrogen and oxygen atoms in total. The number of hydrogen-bond donors (Lipinski definition) is 9. The van der Waals surface area contributed by atoms with Crippen LogP contribution in [0.5, 0.6) is 11.5 Å². The van der Waals surface area contributed by atoms with E-state index < -0.39 is 89.2 Å². The highest BCUT2D eigenvalue weighted by Gasteiger charge is 2.38. The lowest BCUT2D eigenvalue weighted by Gasteiger charge is -2.23. The maximum absolute atomic E-state index is 13.2. The molecule has 0 fully saturated rings. The van der Waals surface area contributed by atoms with Crippen LogP contribution in [0.3, 0.4) is 0 Å². The molecule has 0 aliphatic carbocycles. The number of carbonyl (C=O) groups is 7. The molecule has 22 heteroatoms. The molecular weight excluding hydrogens is 676 g/mol. The number of carboxylic acids is 3. The molecule has 0 saturated heterocycles. The Hall–Kier alpha value is -6.29. The average Bonchev–Trinajstić information content (AvgIpc) is 3.70. The number of imide groups is 1. The molecule has 1 atom stereocenters. The number of aliphatic carboxylic acids is 3. The van der Waals surface area contributed by atoms with Crippen LogP contribution < -0.4 is 21.8 Å². The Labute approximate surface area is 278 Å². The normalized spacial score (nSPS) is 15.5. The molecule has 3 heterocycles. The van der Waals surface area contributed by atoms with Gasteiger partial charge >= 0.3 is 17.9 Å². The zero-order valence-corrected chi connectivity index (χ0v) is 26.2. The maximum atomic E-state index is 13.2. The molecule has 1 aromatic carbocycles. The van der Waals surface area contributed by atoms with Gasteiger partial charge in [0.15, 0.2) is 22.3 Å². The van der Waals surface area contributed by atoms with Crippen molar-refractivity contribution in [2.24, 2.45) is 5.16 Å². The minimum Gasteiger partial charge on any atom is -0.504 e. The number of nitrogens with one attached hydrogen (secondary N) is 3. The molecule has 10 N–H and O–H groups in total. The Morgan fingerprint density at radius 3 is 2.22 bits per heavy atom. The number of carboxylic acid groups (broad SMARTS) is 3. The number of phenols is 2. The van der Waals surface area contributed by atoms with Crippen molar-refractivity contribution in [1.29, 1.82) is 0 Å². The van der Waals surface area contributed by atoms with E-state index in [1.54, 1.807) is 0 Å². The van der Waals surface area contributed by atoms with E-state index in [-0.39, 0.29) is 40.6 Å². The summed E-state index contributed by atoms with van der Waals surface area (Å²) in [5, 5.41) is 58.6. The molecule has 4 rings (SSSR count). The van der Waals surface area contributed by atoms with Gasteiger partial charge in [0.05, 0.1) is 23.2 Å². The first-order chi connectivity index (χ1) is 22.9. The van der Waals surface area contributed by atoms with E-state index in [1.165, 1.54) is 5.38 Å². The van der Waals surface area contributed by atoms with Gasteiger partial charge in [0.2, 0.25) is 5.60 Å². The van der Waals surface area contributed by atoms with Crippen molar-refractivity contribution in [2.45, 2.75) is 25.5 Å². The van der Waals surface area contributed by atoms with Crippen LogP contribution in [0.1, 0.15) is 40.3 Å². The summed E-state index contributed by atoms with van der Waals surface area (Å²) in [5.74, 6) is -9.52. The lowest BCUT2D eigenvalue weighted by molar-refractivity contribution is -0.161. The van der Waals surface area contributed by atoms with Crippen molar-refractivity contribution in [2.75, 3.05) is 31.9 Å². The van der Waals surface area contributed by atoms with Crippen molar-refractivity contribution >= 4 is 63.7 Å². The SMILES string of the molecule is CC(C)(O/N=C(\C(=O)N[C@@H](CN1CC(C(=O)NCCN2C(=O)c3cc(O)c(O)cc3C2=O)=C(C(=O)O)N1)C(=O)O)c1csc(N)n1)C(=O)O. The smallest absolute Gasteiger partial charge is 0.353 e. The third-order valence-electron chi connectivity index (χ3n) is 6.96. The number of hydrogen-bond acceptors (Lipinski definition) is 16. The first kappa shape index (κ1) is 35.6. The minimum atomic E-state index is -1.90. The molecular formula is C27H28N8O13S. The Balaban J connectivity index is 1.41. The molecule has 0 saturated carbocycles. The second-order valence-electron chi connectivity index (χ2n) is 10.8. The fourth-order valence-corrected chi connectivity index (χ4v) is 4.89. The monoisotopic (exact) mass is 704 g/mol. The Kier molecular flexibility index (Phi) is 10.0. The van der Waals surface area contributed by atoms with Crippen LogP contribution in [0, 0.1) is 0 Å². The number of anilines is 1. The van der Waals surface area contributed by atoms with Gasteiger partial charge < -0.3 is 52.2 Å². The van der Waals surface area contributed by atoms with Gasteiger partial charge in [0.1, 0.15) is 17.4 Å².